The molecule has 1 aliphatic heterocycles. The molecule has 1 aromatic rings. The molecule has 0 amide bonds. The van der Waals surface area contributed by atoms with Crippen molar-refractivity contribution in [2.45, 2.75) is 20.3 Å². The Morgan fingerprint density at radius 1 is 1.44 bits per heavy atom. The number of esters is 1. The predicted octanol–water partition coefficient (Wildman–Crippen LogP) is 1.29. The number of aromatic nitrogens is 1. The molecule has 1 fully saturated rings. The molecule has 1 N–H and O–H groups in total. The van der Waals surface area contributed by atoms with Gasteiger partial charge in [-0.3, -0.25) is 0 Å². The molecule has 1 aliphatic rings. The Morgan fingerprint density at radius 3 is 2.78 bits per heavy atom. The van der Waals surface area contributed by atoms with E-state index >= 15 is 0 Å². The summed E-state index contributed by atoms with van der Waals surface area (Å²) >= 11 is 1.45. The molecule has 18 heavy (non-hydrogen) atoms. The Morgan fingerprint density at radius 2 is 2.17 bits per heavy atom. The summed E-state index contributed by atoms with van der Waals surface area (Å²) in [6, 6.07) is 0. The van der Waals surface area contributed by atoms with Crippen LogP contribution in [0.3, 0.4) is 0 Å². The van der Waals surface area contributed by atoms with E-state index in [0.717, 1.165) is 43.4 Å². The average Bonchev–Trinajstić information content (AvgIpc) is 2.84. The van der Waals surface area contributed by atoms with E-state index in [1.54, 1.807) is 0 Å². The van der Waals surface area contributed by atoms with Gasteiger partial charge in [-0.05, 0) is 13.3 Å². The van der Waals surface area contributed by atoms with Crippen molar-refractivity contribution in [3.63, 3.8) is 0 Å². The zero-order valence-corrected chi connectivity index (χ0v) is 11.7. The molecule has 0 radical (unpaired) electrons. The molecule has 0 aromatic carbocycles. The first-order valence-electron chi connectivity index (χ1n) is 6.38. The molecule has 0 bridgehead atoms. The van der Waals surface area contributed by atoms with Gasteiger partial charge < -0.3 is 15.0 Å². The summed E-state index contributed by atoms with van der Waals surface area (Å²) < 4.78 is 5.07. The van der Waals surface area contributed by atoms with Crippen LogP contribution in [0.4, 0.5) is 5.13 Å². The van der Waals surface area contributed by atoms with Crippen molar-refractivity contribution in [2.24, 2.45) is 0 Å². The quantitative estimate of drug-likeness (QED) is 0.835. The summed E-state index contributed by atoms with van der Waals surface area (Å²) in [4.78, 5) is 19.3. The van der Waals surface area contributed by atoms with Gasteiger partial charge in [0.2, 0.25) is 0 Å². The van der Waals surface area contributed by atoms with Crippen LogP contribution in [0.25, 0.3) is 0 Å². The molecular weight excluding hydrogens is 250 g/mol. The molecule has 100 valence electrons. The third kappa shape index (κ3) is 2.81. The van der Waals surface area contributed by atoms with Gasteiger partial charge in [-0.2, -0.15) is 0 Å². The number of carbonyl (C=O) groups excluding carboxylic acids is 1. The number of anilines is 1. The van der Waals surface area contributed by atoms with Crippen LogP contribution in [0.15, 0.2) is 0 Å². The van der Waals surface area contributed by atoms with Crippen LogP contribution < -0.4 is 10.2 Å². The van der Waals surface area contributed by atoms with Crippen LogP contribution in [0, 0.1) is 0 Å². The highest BCUT2D eigenvalue weighted by atomic mass is 32.1. The van der Waals surface area contributed by atoms with E-state index in [1.807, 2.05) is 13.8 Å². The number of carbonyl (C=O) groups is 1. The van der Waals surface area contributed by atoms with Crippen molar-refractivity contribution >= 4 is 22.4 Å². The van der Waals surface area contributed by atoms with E-state index in [2.05, 4.69) is 15.2 Å². The largest absolute Gasteiger partial charge is 0.462 e. The summed E-state index contributed by atoms with van der Waals surface area (Å²) in [5.41, 5.74) is 0.854. The normalized spacial score (nSPS) is 15.8. The Balaban J connectivity index is 2.19. The van der Waals surface area contributed by atoms with Gasteiger partial charge in [-0.25, -0.2) is 9.78 Å². The fourth-order valence-electron chi connectivity index (χ4n) is 1.93. The van der Waals surface area contributed by atoms with Crippen LogP contribution >= 0.6 is 11.3 Å². The third-order valence-electron chi connectivity index (χ3n) is 2.87. The van der Waals surface area contributed by atoms with Crippen molar-refractivity contribution in [1.82, 2.24) is 10.3 Å². The number of aryl methyl sites for hydroxylation is 1. The average molecular weight is 269 g/mol. The first-order chi connectivity index (χ1) is 8.76. The molecule has 2 rings (SSSR count). The van der Waals surface area contributed by atoms with Crippen molar-refractivity contribution in [3.8, 4) is 0 Å². The number of ether oxygens (including phenoxy) is 1. The van der Waals surface area contributed by atoms with Gasteiger partial charge in [-0.1, -0.05) is 18.3 Å². The number of hydrogen-bond acceptors (Lipinski definition) is 6. The SMILES string of the molecule is CCOC(=O)c1sc(N2CCNCC2)nc1CC. The van der Waals surface area contributed by atoms with Crippen molar-refractivity contribution in [3.05, 3.63) is 10.6 Å². The second-order valence-corrected chi connectivity index (χ2v) is 5.06. The number of nitrogens with zero attached hydrogens (tertiary/aromatic N) is 2. The lowest BCUT2D eigenvalue weighted by molar-refractivity contribution is 0.0530. The zero-order chi connectivity index (χ0) is 13.0. The maximum atomic E-state index is 11.8. The van der Waals surface area contributed by atoms with Crippen LogP contribution in [0.5, 0.6) is 0 Å². The summed E-state index contributed by atoms with van der Waals surface area (Å²) in [7, 11) is 0. The van der Waals surface area contributed by atoms with E-state index in [9.17, 15) is 4.79 Å². The molecule has 6 heteroatoms. The first-order valence-corrected chi connectivity index (χ1v) is 7.20. The molecule has 0 spiro atoms. The maximum absolute atomic E-state index is 11.8. The van der Waals surface area contributed by atoms with E-state index in [-0.39, 0.29) is 5.97 Å². The van der Waals surface area contributed by atoms with Crippen LogP contribution in [-0.2, 0) is 11.2 Å². The Kier molecular flexibility index (Phi) is 4.54. The summed E-state index contributed by atoms with van der Waals surface area (Å²) in [6.07, 6.45) is 0.761. The fraction of sp³-hybridized carbons (Fsp3) is 0.667. The van der Waals surface area contributed by atoms with E-state index in [4.69, 9.17) is 4.74 Å². The number of hydrogen-bond donors (Lipinski definition) is 1. The Bertz CT molecular complexity index is 413. The van der Waals surface area contributed by atoms with Crippen molar-refractivity contribution < 1.29 is 9.53 Å². The zero-order valence-electron chi connectivity index (χ0n) is 10.9. The van der Waals surface area contributed by atoms with E-state index in [1.165, 1.54) is 11.3 Å². The van der Waals surface area contributed by atoms with Gasteiger partial charge in [0, 0.05) is 26.2 Å². The Hall–Kier alpha value is -1.14. The summed E-state index contributed by atoms with van der Waals surface area (Å²) in [5.74, 6) is -0.242. The second-order valence-electron chi connectivity index (χ2n) is 4.08. The monoisotopic (exact) mass is 269 g/mol. The lowest BCUT2D eigenvalue weighted by atomic mass is 10.3. The van der Waals surface area contributed by atoms with E-state index < -0.39 is 0 Å². The smallest absolute Gasteiger partial charge is 0.350 e. The Labute approximate surface area is 111 Å². The molecule has 5 nitrogen and oxygen atoms in total. The number of nitrogens with one attached hydrogen (secondary N) is 1. The minimum absolute atomic E-state index is 0.242. The molecule has 2 heterocycles. The number of piperazine rings is 1. The van der Waals surface area contributed by atoms with Crippen molar-refractivity contribution in [1.29, 1.82) is 0 Å². The van der Waals surface area contributed by atoms with Crippen LogP contribution in [0.1, 0.15) is 29.2 Å². The lowest BCUT2D eigenvalue weighted by Gasteiger charge is -2.26. The van der Waals surface area contributed by atoms with Gasteiger partial charge in [0.05, 0.1) is 12.3 Å². The van der Waals surface area contributed by atoms with Crippen molar-refractivity contribution in [2.75, 3.05) is 37.7 Å². The molecule has 1 aromatic heterocycles. The summed E-state index contributed by atoms with van der Waals surface area (Å²) in [5, 5.41) is 4.25. The maximum Gasteiger partial charge on any atom is 0.350 e. The van der Waals surface area contributed by atoms with Gasteiger partial charge in [0.15, 0.2) is 5.13 Å². The van der Waals surface area contributed by atoms with Gasteiger partial charge in [0.1, 0.15) is 4.88 Å². The molecule has 0 atom stereocenters. The van der Waals surface area contributed by atoms with Crippen LogP contribution in [-0.4, -0.2) is 43.7 Å². The highest BCUT2D eigenvalue weighted by molar-refractivity contribution is 7.17. The van der Waals surface area contributed by atoms with Gasteiger partial charge in [-0.15, -0.1) is 0 Å². The third-order valence-corrected chi connectivity index (χ3v) is 4.01. The predicted molar refractivity (Wildman–Crippen MR) is 72.5 cm³/mol. The molecular formula is C12H19N3O2S. The van der Waals surface area contributed by atoms with E-state index in [0.29, 0.717) is 11.5 Å². The molecule has 1 saturated heterocycles. The highest BCUT2D eigenvalue weighted by Crippen LogP contribution is 2.27. The molecule has 0 aliphatic carbocycles. The minimum atomic E-state index is -0.242. The standard InChI is InChI=1S/C12H19N3O2S/c1-3-9-10(11(16)17-4-2)18-12(14-9)15-7-5-13-6-8-15/h13H,3-8H2,1-2H3. The number of thiazole rings is 1. The van der Waals surface area contributed by atoms with Gasteiger partial charge >= 0.3 is 5.97 Å². The highest BCUT2D eigenvalue weighted by Gasteiger charge is 2.21. The van der Waals surface area contributed by atoms with Crippen LogP contribution in [0.2, 0.25) is 0 Å². The lowest BCUT2D eigenvalue weighted by Crippen LogP contribution is -2.43. The first kappa shape index (κ1) is 13.3. The molecule has 0 unspecified atom stereocenters. The van der Waals surface area contributed by atoms with Gasteiger partial charge in [0.25, 0.3) is 0 Å². The minimum Gasteiger partial charge on any atom is -0.462 e. The second kappa shape index (κ2) is 6.15. The fourth-order valence-corrected chi connectivity index (χ4v) is 3.03. The topological polar surface area (TPSA) is 54.5 Å². The number of rotatable bonds is 4. The summed E-state index contributed by atoms with van der Waals surface area (Å²) in [6.45, 7) is 8.06. The molecule has 0 saturated carbocycles.